The molecule has 4 nitrogen and oxygen atoms in total. The van der Waals surface area contributed by atoms with Gasteiger partial charge < -0.3 is 9.64 Å². The fourth-order valence-corrected chi connectivity index (χ4v) is 1.99. The predicted molar refractivity (Wildman–Crippen MR) is 74.6 cm³/mol. The lowest BCUT2D eigenvalue weighted by atomic mass is 10.0. The van der Waals surface area contributed by atoms with Crippen molar-refractivity contribution >= 4 is 11.7 Å². The zero-order valence-electron chi connectivity index (χ0n) is 11.7. The Labute approximate surface area is 114 Å². The summed E-state index contributed by atoms with van der Waals surface area (Å²) in [6.07, 6.45) is 6.34. The lowest BCUT2D eigenvalue weighted by Crippen LogP contribution is -2.39. The maximum absolute atomic E-state index is 12.1. The van der Waals surface area contributed by atoms with Crippen molar-refractivity contribution in [2.75, 3.05) is 13.1 Å². The molecule has 0 N–H and O–H groups in total. The van der Waals surface area contributed by atoms with Crippen molar-refractivity contribution in [2.24, 2.45) is 0 Å². The van der Waals surface area contributed by atoms with Crippen LogP contribution in [0.3, 0.4) is 0 Å². The van der Waals surface area contributed by atoms with E-state index in [-0.39, 0.29) is 6.09 Å². The molecule has 0 unspecified atom stereocenters. The van der Waals surface area contributed by atoms with Crippen LogP contribution in [0.1, 0.15) is 32.8 Å². The zero-order chi connectivity index (χ0) is 13.9. The van der Waals surface area contributed by atoms with Gasteiger partial charge in [-0.15, -0.1) is 0 Å². The van der Waals surface area contributed by atoms with Crippen molar-refractivity contribution in [1.29, 1.82) is 0 Å². The molecule has 1 amide bonds. The Balaban J connectivity index is 2.05. The Morgan fingerprint density at radius 3 is 2.84 bits per heavy atom. The number of amides is 1. The minimum absolute atomic E-state index is 0.248. The fourth-order valence-electron chi connectivity index (χ4n) is 1.99. The Morgan fingerprint density at radius 2 is 2.21 bits per heavy atom. The molecule has 4 heteroatoms. The van der Waals surface area contributed by atoms with E-state index < -0.39 is 5.60 Å². The Hall–Kier alpha value is -1.84. The lowest BCUT2D eigenvalue weighted by Gasteiger charge is -2.30. The first kappa shape index (κ1) is 13.6. The van der Waals surface area contributed by atoms with Crippen molar-refractivity contribution in [3.05, 3.63) is 36.2 Å². The van der Waals surface area contributed by atoms with Crippen molar-refractivity contribution in [3.63, 3.8) is 0 Å². The van der Waals surface area contributed by atoms with E-state index in [1.807, 2.05) is 39.1 Å². The first-order valence-corrected chi connectivity index (χ1v) is 6.53. The van der Waals surface area contributed by atoms with E-state index in [0.717, 1.165) is 17.6 Å². The van der Waals surface area contributed by atoms with Crippen LogP contribution in [-0.4, -0.2) is 34.7 Å². The van der Waals surface area contributed by atoms with Crippen LogP contribution in [0.25, 0.3) is 5.57 Å². The molecule has 2 heterocycles. The van der Waals surface area contributed by atoms with Gasteiger partial charge in [0, 0.05) is 25.5 Å². The summed E-state index contributed by atoms with van der Waals surface area (Å²) in [5.74, 6) is 0. The summed E-state index contributed by atoms with van der Waals surface area (Å²) < 4.78 is 5.41. The highest BCUT2D eigenvalue weighted by molar-refractivity contribution is 5.75. The molecule has 0 saturated heterocycles. The van der Waals surface area contributed by atoms with E-state index in [4.69, 9.17) is 4.74 Å². The van der Waals surface area contributed by atoms with E-state index >= 15 is 0 Å². The number of carbonyl (C=O) groups is 1. The number of rotatable bonds is 1. The Morgan fingerprint density at radius 1 is 1.42 bits per heavy atom. The highest BCUT2D eigenvalue weighted by Crippen LogP contribution is 2.21. The molecule has 0 radical (unpaired) electrons. The average molecular weight is 260 g/mol. The predicted octanol–water partition coefficient (Wildman–Crippen LogP) is 3.11. The third-order valence-corrected chi connectivity index (χ3v) is 2.83. The lowest BCUT2D eigenvalue weighted by molar-refractivity contribution is 0.0273. The number of pyridine rings is 1. The second-order valence-corrected chi connectivity index (χ2v) is 5.66. The van der Waals surface area contributed by atoms with E-state index in [1.54, 1.807) is 11.1 Å². The first-order valence-electron chi connectivity index (χ1n) is 6.53. The standard InChI is InChI=1S/C15H20N2O2/c1-15(2,3)19-14(18)17-9-5-7-13(11-17)12-6-4-8-16-10-12/h4,6-8,10H,5,9,11H2,1-3H3. The van der Waals surface area contributed by atoms with Gasteiger partial charge >= 0.3 is 6.09 Å². The van der Waals surface area contributed by atoms with Crippen LogP contribution in [0.15, 0.2) is 30.6 Å². The highest BCUT2D eigenvalue weighted by Gasteiger charge is 2.24. The SMILES string of the molecule is CC(C)(C)OC(=O)N1CCC=C(c2cccnc2)C1. The van der Waals surface area contributed by atoms with Crippen LogP contribution in [0.2, 0.25) is 0 Å². The summed E-state index contributed by atoms with van der Waals surface area (Å²) in [6, 6.07) is 3.92. The van der Waals surface area contributed by atoms with Crippen molar-refractivity contribution in [1.82, 2.24) is 9.88 Å². The molecule has 1 aliphatic rings. The van der Waals surface area contributed by atoms with E-state index in [9.17, 15) is 4.79 Å². The minimum Gasteiger partial charge on any atom is -0.444 e. The molecule has 0 spiro atoms. The van der Waals surface area contributed by atoms with Gasteiger partial charge in [0.15, 0.2) is 0 Å². The van der Waals surface area contributed by atoms with Crippen LogP contribution in [0.4, 0.5) is 4.79 Å². The van der Waals surface area contributed by atoms with Gasteiger partial charge in [0.1, 0.15) is 5.60 Å². The fraction of sp³-hybridized carbons (Fsp3) is 0.467. The first-order chi connectivity index (χ1) is 8.96. The van der Waals surface area contributed by atoms with Crippen LogP contribution < -0.4 is 0 Å². The third-order valence-electron chi connectivity index (χ3n) is 2.83. The molecule has 0 aromatic carbocycles. The molecular formula is C15H20N2O2. The minimum atomic E-state index is -0.452. The highest BCUT2D eigenvalue weighted by atomic mass is 16.6. The van der Waals surface area contributed by atoms with Crippen LogP contribution in [0, 0.1) is 0 Å². The summed E-state index contributed by atoms with van der Waals surface area (Å²) in [6.45, 7) is 6.94. The van der Waals surface area contributed by atoms with E-state index in [2.05, 4.69) is 11.1 Å². The zero-order valence-corrected chi connectivity index (χ0v) is 11.7. The maximum atomic E-state index is 12.1. The van der Waals surface area contributed by atoms with Gasteiger partial charge in [-0.25, -0.2) is 4.79 Å². The molecule has 0 aliphatic carbocycles. The monoisotopic (exact) mass is 260 g/mol. The van der Waals surface area contributed by atoms with Gasteiger partial charge in [-0.2, -0.15) is 0 Å². The summed E-state index contributed by atoms with van der Waals surface area (Å²) in [5, 5.41) is 0. The molecule has 102 valence electrons. The average Bonchev–Trinajstić information content (AvgIpc) is 2.38. The number of ether oxygens (including phenoxy) is 1. The van der Waals surface area contributed by atoms with Gasteiger partial charge in [-0.05, 0) is 44.4 Å². The largest absolute Gasteiger partial charge is 0.444 e. The number of carbonyl (C=O) groups excluding carboxylic acids is 1. The van der Waals surface area contributed by atoms with Crippen LogP contribution in [0.5, 0.6) is 0 Å². The third kappa shape index (κ3) is 3.81. The van der Waals surface area contributed by atoms with Crippen molar-refractivity contribution < 1.29 is 9.53 Å². The second kappa shape index (κ2) is 5.43. The summed E-state index contributed by atoms with van der Waals surface area (Å²) >= 11 is 0. The molecule has 0 bridgehead atoms. The van der Waals surface area contributed by atoms with Gasteiger partial charge in [0.25, 0.3) is 0 Å². The van der Waals surface area contributed by atoms with Gasteiger partial charge in [0.05, 0.1) is 0 Å². The normalized spacial score (nSPS) is 15.9. The van der Waals surface area contributed by atoms with E-state index in [0.29, 0.717) is 13.1 Å². The van der Waals surface area contributed by atoms with E-state index in [1.165, 1.54) is 0 Å². The van der Waals surface area contributed by atoms with Crippen molar-refractivity contribution in [3.8, 4) is 0 Å². The second-order valence-electron chi connectivity index (χ2n) is 5.66. The van der Waals surface area contributed by atoms with Crippen molar-refractivity contribution in [2.45, 2.75) is 32.8 Å². The molecule has 1 aliphatic heterocycles. The van der Waals surface area contributed by atoms with Gasteiger partial charge in [-0.1, -0.05) is 12.1 Å². The van der Waals surface area contributed by atoms with Gasteiger partial charge in [-0.3, -0.25) is 4.98 Å². The molecule has 2 rings (SSSR count). The Bertz CT molecular complexity index is 475. The number of hydrogen-bond acceptors (Lipinski definition) is 3. The summed E-state index contributed by atoms with van der Waals surface area (Å²) in [7, 11) is 0. The molecule has 0 saturated carbocycles. The number of hydrogen-bond donors (Lipinski definition) is 0. The quantitative estimate of drug-likeness (QED) is 0.779. The molecule has 1 aromatic rings. The van der Waals surface area contributed by atoms with Crippen LogP contribution in [-0.2, 0) is 4.74 Å². The molecule has 0 fully saturated rings. The summed E-state index contributed by atoms with van der Waals surface area (Å²) in [4.78, 5) is 17.9. The maximum Gasteiger partial charge on any atom is 0.410 e. The molecular weight excluding hydrogens is 240 g/mol. The molecule has 1 aromatic heterocycles. The number of nitrogens with zero attached hydrogens (tertiary/aromatic N) is 2. The molecule has 19 heavy (non-hydrogen) atoms. The Kier molecular flexibility index (Phi) is 3.88. The topological polar surface area (TPSA) is 42.4 Å². The number of aromatic nitrogens is 1. The molecule has 0 atom stereocenters. The van der Waals surface area contributed by atoms with Crippen LogP contribution >= 0.6 is 0 Å². The smallest absolute Gasteiger partial charge is 0.410 e. The van der Waals surface area contributed by atoms with Gasteiger partial charge in [0.2, 0.25) is 0 Å². The summed E-state index contributed by atoms with van der Waals surface area (Å²) in [5.41, 5.74) is 1.74.